The zero-order chi connectivity index (χ0) is 18.1. The first-order valence-electron chi connectivity index (χ1n) is 8.22. The number of nitrogens with one attached hydrogen (secondary N) is 2. The third-order valence-corrected chi connectivity index (χ3v) is 3.55. The van der Waals surface area contributed by atoms with Crippen LogP contribution in [0.2, 0.25) is 0 Å². The van der Waals surface area contributed by atoms with Crippen molar-refractivity contribution in [1.29, 1.82) is 0 Å². The SMILES string of the molecule is CCCCNC(=O)C(=Cc1ccccc1F)NC(=O)c1ccccc1. The van der Waals surface area contributed by atoms with E-state index in [4.69, 9.17) is 0 Å². The number of carbonyl (C=O) groups is 2. The maximum Gasteiger partial charge on any atom is 0.267 e. The Hall–Kier alpha value is -2.95. The predicted molar refractivity (Wildman–Crippen MR) is 96.2 cm³/mol. The highest BCUT2D eigenvalue weighted by atomic mass is 19.1. The number of hydrogen-bond donors (Lipinski definition) is 2. The molecule has 0 fully saturated rings. The molecule has 0 aliphatic heterocycles. The second-order valence-corrected chi connectivity index (χ2v) is 5.51. The minimum Gasteiger partial charge on any atom is -0.351 e. The van der Waals surface area contributed by atoms with Crippen molar-refractivity contribution in [2.24, 2.45) is 0 Å². The molecule has 0 unspecified atom stereocenters. The minimum atomic E-state index is -0.463. The van der Waals surface area contributed by atoms with Crippen molar-refractivity contribution in [2.75, 3.05) is 6.54 Å². The summed E-state index contributed by atoms with van der Waals surface area (Å²) < 4.78 is 13.9. The Bertz CT molecular complexity index is 757. The fraction of sp³-hybridized carbons (Fsp3) is 0.200. The Labute approximate surface area is 146 Å². The van der Waals surface area contributed by atoms with Gasteiger partial charge in [-0.2, -0.15) is 0 Å². The zero-order valence-corrected chi connectivity index (χ0v) is 14.1. The minimum absolute atomic E-state index is 0.00931. The van der Waals surface area contributed by atoms with Crippen molar-refractivity contribution in [2.45, 2.75) is 19.8 Å². The van der Waals surface area contributed by atoms with Crippen LogP contribution in [0.1, 0.15) is 35.7 Å². The van der Waals surface area contributed by atoms with Gasteiger partial charge in [-0.15, -0.1) is 0 Å². The van der Waals surface area contributed by atoms with Crippen molar-refractivity contribution in [3.63, 3.8) is 0 Å². The molecule has 2 N–H and O–H groups in total. The molecule has 0 spiro atoms. The second kappa shape index (κ2) is 9.37. The molecule has 0 saturated carbocycles. The summed E-state index contributed by atoms with van der Waals surface area (Å²) in [7, 11) is 0. The van der Waals surface area contributed by atoms with Crippen LogP contribution in [0, 0.1) is 5.82 Å². The van der Waals surface area contributed by atoms with E-state index in [2.05, 4.69) is 10.6 Å². The van der Waals surface area contributed by atoms with Crippen molar-refractivity contribution < 1.29 is 14.0 Å². The predicted octanol–water partition coefficient (Wildman–Crippen LogP) is 3.51. The lowest BCUT2D eigenvalue weighted by Gasteiger charge is -2.11. The van der Waals surface area contributed by atoms with Crippen LogP contribution in [-0.4, -0.2) is 18.4 Å². The molecule has 2 rings (SSSR count). The van der Waals surface area contributed by atoms with E-state index in [0.29, 0.717) is 12.1 Å². The van der Waals surface area contributed by atoms with Gasteiger partial charge in [-0.25, -0.2) is 4.39 Å². The van der Waals surface area contributed by atoms with Crippen LogP contribution in [-0.2, 0) is 4.79 Å². The highest BCUT2D eigenvalue weighted by Crippen LogP contribution is 2.11. The Morgan fingerprint density at radius 2 is 1.72 bits per heavy atom. The summed E-state index contributed by atoms with van der Waals surface area (Å²) in [5.41, 5.74) is 0.662. The van der Waals surface area contributed by atoms with Gasteiger partial charge in [-0.3, -0.25) is 9.59 Å². The van der Waals surface area contributed by atoms with E-state index in [0.717, 1.165) is 12.8 Å². The quantitative estimate of drug-likeness (QED) is 0.598. The summed E-state index contributed by atoms with van der Waals surface area (Å²) in [6.07, 6.45) is 3.10. The van der Waals surface area contributed by atoms with Crippen LogP contribution >= 0.6 is 0 Å². The topological polar surface area (TPSA) is 58.2 Å². The summed E-state index contributed by atoms with van der Waals surface area (Å²) in [4.78, 5) is 24.7. The summed E-state index contributed by atoms with van der Waals surface area (Å²) >= 11 is 0. The smallest absolute Gasteiger partial charge is 0.267 e. The largest absolute Gasteiger partial charge is 0.351 e. The molecule has 25 heavy (non-hydrogen) atoms. The third kappa shape index (κ3) is 5.57. The molecule has 0 aromatic heterocycles. The molecule has 0 saturated heterocycles. The van der Waals surface area contributed by atoms with E-state index < -0.39 is 17.6 Å². The molecule has 2 amide bonds. The Kier molecular flexibility index (Phi) is 6.89. The second-order valence-electron chi connectivity index (χ2n) is 5.51. The molecule has 4 nitrogen and oxygen atoms in total. The maximum absolute atomic E-state index is 13.9. The van der Waals surface area contributed by atoms with Gasteiger partial charge >= 0.3 is 0 Å². The standard InChI is InChI=1S/C20H21FN2O2/c1-2-3-13-22-20(25)18(14-16-11-7-8-12-17(16)21)23-19(24)15-9-5-4-6-10-15/h4-12,14H,2-3,13H2,1H3,(H,22,25)(H,23,24). The summed E-state index contributed by atoms with van der Waals surface area (Å²) in [6, 6.07) is 14.6. The number of unbranched alkanes of at least 4 members (excludes halogenated alkanes) is 1. The van der Waals surface area contributed by atoms with Gasteiger partial charge in [0.05, 0.1) is 0 Å². The lowest BCUT2D eigenvalue weighted by Crippen LogP contribution is -2.35. The number of hydrogen-bond acceptors (Lipinski definition) is 2. The summed E-state index contributed by atoms with van der Waals surface area (Å²) in [5, 5.41) is 5.31. The zero-order valence-electron chi connectivity index (χ0n) is 14.1. The van der Waals surface area contributed by atoms with Crippen LogP contribution in [0.15, 0.2) is 60.3 Å². The first-order chi connectivity index (χ1) is 12.1. The molecule has 0 aliphatic carbocycles. The van der Waals surface area contributed by atoms with Gasteiger partial charge in [-0.05, 0) is 30.7 Å². The number of benzene rings is 2. The molecular weight excluding hydrogens is 319 g/mol. The van der Waals surface area contributed by atoms with Crippen molar-refractivity contribution >= 4 is 17.9 Å². The van der Waals surface area contributed by atoms with E-state index in [9.17, 15) is 14.0 Å². The molecular formula is C20H21FN2O2. The van der Waals surface area contributed by atoms with Crippen molar-refractivity contribution in [1.82, 2.24) is 10.6 Å². The van der Waals surface area contributed by atoms with E-state index in [1.165, 1.54) is 12.1 Å². The number of rotatable bonds is 7. The number of halogens is 1. The van der Waals surface area contributed by atoms with Gasteiger partial charge in [0.25, 0.3) is 11.8 Å². The van der Waals surface area contributed by atoms with Gasteiger partial charge in [-0.1, -0.05) is 49.7 Å². The normalized spacial score (nSPS) is 11.0. The van der Waals surface area contributed by atoms with Gasteiger partial charge in [0.15, 0.2) is 0 Å². The number of carbonyl (C=O) groups excluding carboxylic acids is 2. The van der Waals surface area contributed by atoms with E-state index in [-0.39, 0.29) is 11.3 Å². The third-order valence-electron chi connectivity index (χ3n) is 3.55. The van der Waals surface area contributed by atoms with Gasteiger partial charge < -0.3 is 10.6 Å². The lowest BCUT2D eigenvalue weighted by molar-refractivity contribution is -0.117. The fourth-order valence-corrected chi connectivity index (χ4v) is 2.16. The average molecular weight is 340 g/mol. The maximum atomic E-state index is 13.9. The average Bonchev–Trinajstić information content (AvgIpc) is 2.63. The molecule has 2 aromatic carbocycles. The molecule has 130 valence electrons. The molecule has 0 bridgehead atoms. The van der Waals surface area contributed by atoms with Crippen molar-refractivity contribution in [3.8, 4) is 0 Å². The van der Waals surface area contributed by atoms with Gasteiger partial charge in [0.2, 0.25) is 0 Å². The van der Waals surface area contributed by atoms with E-state index >= 15 is 0 Å². The highest BCUT2D eigenvalue weighted by molar-refractivity contribution is 6.05. The molecule has 0 heterocycles. The molecule has 0 atom stereocenters. The van der Waals surface area contributed by atoms with Crippen LogP contribution in [0.3, 0.4) is 0 Å². The first kappa shape index (κ1) is 18.4. The highest BCUT2D eigenvalue weighted by Gasteiger charge is 2.15. The van der Waals surface area contributed by atoms with E-state index in [1.54, 1.807) is 48.5 Å². The fourth-order valence-electron chi connectivity index (χ4n) is 2.16. The van der Waals surface area contributed by atoms with E-state index in [1.807, 2.05) is 6.92 Å². The van der Waals surface area contributed by atoms with Crippen molar-refractivity contribution in [3.05, 3.63) is 77.2 Å². The molecule has 0 aliphatic rings. The van der Waals surface area contributed by atoms with Crippen LogP contribution in [0.5, 0.6) is 0 Å². The Morgan fingerprint density at radius 1 is 1.04 bits per heavy atom. The van der Waals surface area contributed by atoms with Crippen LogP contribution in [0.25, 0.3) is 6.08 Å². The Balaban J connectivity index is 2.24. The molecule has 0 radical (unpaired) electrons. The van der Waals surface area contributed by atoms with Gasteiger partial charge in [0.1, 0.15) is 11.5 Å². The monoisotopic (exact) mass is 340 g/mol. The molecule has 5 heteroatoms. The van der Waals surface area contributed by atoms with Crippen LogP contribution in [0.4, 0.5) is 4.39 Å². The Morgan fingerprint density at radius 3 is 2.40 bits per heavy atom. The summed E-state index contributed by atoms with van der Waals surface area (Å²) in [5.74, 6) is -1.33. The number of amides is 2. The lowest BCUT2D eigenvalue weighted by atomic mass is 10.1. The molecule has 2 aromatic rings. The summed E-state index contributed by atoms with van der Waals surface area (Å²) in [6.45, 7) is 2.50. The first-order valence-corrected chi connectivity index (χ1v) is 8.22. The van der Waals surface area contributed by atoms with Gasteiger partial charge in [0, 0.05) is 17.7 Å². The van der Waals surface area contributed by atoms with Crippen LogP contribution < -0.4 is 10.6 Å².